The zero-order valence-corrected chi connectivity index (χ0v) is 11.3. The number of hydrogen-bond donors (Lipinski definition) is 2. The van der Waals surface area contributed by atoms with Crippen LogP contribution >= 0.6 is 0 Å². The van der Waals surface area contributed by atoms with Crippen LogP contribution in [-0.4, -0.2) is 17.5 Å². The summed E-state index contributed by atoms with van der Waals surface area (Å²) in [5.41, 5.74) is 7.71. The molecule has 2 rings (SSSR count). The highest BCUT2D eigenvalue weighted by atomic mass is 16.5. The number of anilines is 1. The lowest BCUT2D eigenvalue weighted by Gasteiger charge is -2.07. The summed E-state index contributed by atoms with van der Waals surface area (Å²) in [4.78, 5) is 16.1. The van der Waals surface area contributed by atoms with Crippen molar-refractivity contribution in [1.82, 2.24) is 4.98 Å². The minimum absolute atomic E-state index is 0.181. The number of aromatic nitrogens is 1. The van der Waals surface area contributed by atoms with Crippen molar-refractivity contribution in [2.24, 2.45) is 5.73 Å². The van der Waals surface area contributed by atoms with E-state index in [1.165, 1.54) is 0 Å². The Morgan fingerprint density at radius 2 is 2.00 bits per heavy atom. The number of pyridine rings is 1. The third-order valence-corrected chi connectivity index (χ3v) is 2.74. The normalized spacial score (nSPS) is 10.1. The Bertz CT molecular complexity index is 565. The first-order valence-electron chi connectivity index (χ1n) is 6.42. The quantitative estimate of drug-likeness (QED) is 0.874. The van der Waals surface area contributed by atoms with Crippen molar-refractivity contribution >= 4 is 11.6 Å². The van der Waals surface area contributed by atoms with Gasteiger partial charge >= 0.3 is 0 Å². The molecule has 0 spiro atoms. The SMILES string of the molecule is CCOc1ccc(NC(=O)c2ccc(CN)cc2)cn1. The molecule has 0 aliphatic rings. The lowest BCUT2D eigenvalue weighted by Crippen LogP contribution is -2.12. The lowest BCUT2D eigenvalue weighted by atomic mass is 10.1. The van der Waals surface area contributed by atoms with Gasteiger partial charge in [0.1, 0.15) is 0 Å². The third kappa shape index (κ3) is 3.55. The van der Waals surface area contributed by atoms with Gasteiger partial charge in [-0.3, -0.25) is 4.79 Å². The zero-order chi connectivity index (χ0) is 14.4. The van der Waals surface area contributed by atoms with Gasteiger partial charge in [-0.2, -0.15) is 0 Å². The van der Waals surface area contributed by atoms with Gasteiger partial charge in [-0.1, -0.05) is 12.1 Å². The number of carbonyl (C=O) groups excluding carboxylic acids is 1. The Kier molecular flexibility index (Phi) is 4.68. The van der Waals surface area contributed by atoms with Gasteiger partial charge in [-0.05, 0) is 30.7 Å². The van der Waals surface area contributed by atoms with Crippen molar-refractivity contribution in [3.63, 3.8) is 0 Å². The molecule has 0 radical (unpaired) electrons. The van der Waals surface area contributed by atoms with Crippen molar-refractivity contribution in [2.45, 2.75) is 13.5 Å². The standard InChI is InChI=1S/C15H17N3O2/c1-2-20-14-8-7-13(10-17-14)18-15(19)12-5-3-11(9-16)4-6-12/h3-8,10H,2,9,16H2,1H3,(H,18,19). The molecule has 0 saturated carbocycles. The molecule has 0 atom stereocenters. The average Bonchev–Trinajstić information content (AvgIpc) is 2.49. The Hall–Kier alpha value is -2.40. The molecule has 3 N–H and O–H groups in total. The molecule has 5 nitrogen and oxygen atoms in total. The number of benzene rings is 1. The van der Waals surface area contributed by atoms with Crippen molar-refractivity contribution < 1.29 is 9.53 Å². The van der Waals surface area contributed by atoms with E-state index in [4.69, 9.17) is 10.5 Å². The summed E-state index contributed by atoms with van der Waals surface area (Å²) >= 11 is 0. The van der Waals surface area contributed by atoms with Gasteiger partial charge < -0.3 is 15.8 Å². The largest absolute Gasteiger partial charge is 0.478 e. The van der Waals surface area contributed by atoms with Crippen LogP contribution in [0.3, 0.4) is 0 Å². The number of ether oxygens (including phenoxy) is 1. The van der Waals surface area contributed by atoms with Crippen LogP contribution in [0.2, 0.25) is 0 Å². The van der Waals surface area contributed by atoms with E-state index in [1.54, 1.807) is 30.5 Å². The van der Waals surface area contributed by atoms with E-state index in [0.29, 0.717) is 30.3 Å². The van der Waals surface area contributed by atoms with Gasteiger partial charge in [-0.15, -0.1) is 0 Å². The molecule has 0 bridgehead atoms. The van der Waals surface area contributed by atoms with E-state index in [-0.39, 0.29) is 5.91 Å². The lowest BCUT2D eigenvalue weighted by molar-refractivity contribution is 0.102. The Morgan fingerprint density at radius 3 is 2.55 bits per heavy atom. The Morgan fingerprint density at radius 1 is 1.25 bits per heavy atom. The van der Waals surface area contributed by atoms with Gasteiger partial charge in [0.25, 0.3) is 5.91 Å². The second-order valence-corrected chi connectivity index (χ2v) is 4.17. The maximum Gasteiger partial charge on any atom is 0.255 e. The molecule has 20 heavy (non-hydrogen) atoms. The number of amides is 1. The van der Waals surface area contributed by atoms with E-state index in [2.05, 4.69) is 10.3 Å². The number of nitrogens with two attached hydrogens (primary N) is 1. The number of hydrogen-bond acceptors (Lipinski definition) is 4. The molecular formula is C15H17N3O2. The molecule has 1 amide bonds. The maximum absolute atomic E-state index is 12.0. The van der Waals surface area contributed by atoms with Crippen LogP contribution in [0.25, 0.3) is 0 Å². The summed E-state index contributed by atoms with van der Waals surface area (Å²) in [6.07, 6.45) is 1.57. The highest BCUT2D eigenvalue weighted by Gasteiger charge is 2.06. The van der Waals surface area contributed by atoms with Crippen molar-refractivity contribution in [3.05, 3.63) is 53.7 Å². The van der Waals surface area contributed by atoms with E-state index in [0.717, 1.165) is 5.56 Å². The molecule has 5 heteroatoms. The summed E-state index contributed by atoms with van der Waals surface area (Å²) in [6, 6.07) is 10.6. The minimum Gasteiger partial charge on any atom is -0.478 e. The van der Waals surface area contributed by atoms with Gasteiger partial charge in [0.15, 0.2) is 0 Å². The molecule has 0 unspecified atom stereocenters. The van der Waals surface area contributed by atoms with Gasteiger partial charge in [0.05, 0.1) is 18.5 Å². The predicted octanol–water partition coefficient (Wildman–Crippen LogP) is 2.19. The number of nitrogens with zero attached hydrogens (tertiary/aromatic N) is 1. The van der Waals surface area contributed by atoms with Gasteiger partial charge in [-0.25, -0.2) is 4.98 Å². The van der Waals surface area contributed by atoms with E-state index < -0.39 is 0 Å². The van der Waals surface area contributed by atoms with Crippen LogP contribution in [0.1, 0.15) is 22.8 Å². The monoisotopic (exact) mass is 271 g/mol. The summed E-state index contributed by atoms with van der Waals surface area (Å²) in [7, 11) is 0. The zero-order valence-electron chi connectivity index (χ0n) is 11.3. The van der Waals surface area contributed by atoms with Gasteiger partial charge in [0, 0.05) is 18.2 Å². The maximum atomic E-state index is 12.0. The average molecular weight is 271 g/mol. The highest BCUT2D eigenvalue weighted by molar-refractivity contribution is 6.04. The molecule has 1 aromatic heterocycles. The predicted molar refractivity (Wildman–Crippen MR) is 77.7 cm³/mol. The van der Waals surface area contributed by atoms with E-state index in [1.807, 2.05) is 19.1 Å². The Labute approximate surface area is 117 Å². The first-order chi connectivity index (χ1) is 9.72. The van der Waals surface area contributed by atoms with Crippen molar-refractivity contribution in [1.29, 1.82) is 0 Å². The molecule has 1 aromatic carbocycles. The number of nitrogens with one attached hydrogen (secondary N) is 1. The van der Waals surface area contributed by atoms with Crippen LogP contribution in [0.15, 0.2) is 42.6 Å². The van der Waals surface area contributed by atoms with Crippen molar-refractivity contribution in [2.75, 3.05) is 11.9 Å². The third-order valence-electron chi connectivity index (χ3n) is 2.74. The highest BCUT2D eigenvalue weighted by Crippen LogP contribution is 2.13. The molecule has 104 valence electrons. The summed E-state index contributed by atoms with van der Waals surface area (Å²) in [6.45, 7) is 2.92. The van der Waals surface area contributed by atoms with Crippen LogP contribution < -0.4 is 15.8 Å². The first-order valence-corrected chi connectivity index (χ1v) is 6.42. The number of rotatable bonds is 5. The molecule has 0 fully saturated rings. The fourth-order valence-electron chi connectivity index (χ4n) is 1.68. The molecule has 0 saturated heterocycles. The van der Waals surface area contributed by atoms with Crippen molar-refractivity contribution in [3.8, 4) is 5.88 Å². The van der Waals surface area contributed by atoms with Gasteiger partial charge in [0.2, 0.25) is 5.88 Å². The van der Waals surface area contributed by atoms with Crippen LogP contribution in [-0.2, 0) is 6.54 Å². The number of carbonyl (C=O) groups is 1. The molecule has 0 aliphatic heterocycles. The second-order valence-electron chi connectivity index (χ2n) is 4.17. The summed E-state index contributed by atoms with van der Waals surface area (Å²) < 4.78 is 5.24. The Balaban J connectivity index is 2.02. The summed E-state index contributed by atoms with van der Waals surface area (Å²) in [5.74, 6) is 0.359. The van der Waals surface area contributed by atoms with E-state index in [9.17, 15) is 4.79 Å². The minimum atomic E-state index is -0.181. The first kappa shape index (κ1) is 14.0. The van der Waals surface area contributed by atoms with E-state index >= 15 is 0 Å². The summed E-state index contributed by atoms with van der Waals surface area (Å²) in [5, 5.41) is 2.78. The fraction of sp³-hybridized carbons (Fsp3) is 0.200. The fourth-order valence-corrected chi connectivity index (χ4v) is 1.68. The van der Waals surface area contributed by atoms with Crippen LogP contribution in [0, 0.1) is 0 Å². The van der Waals surface area contributed by atoms with Crippen LogP contribution in [0.5, 0.6) is 5.88 Å². The molecule has 0 aliphatic carbocycles. The topological polar surface area (TPSA) is 77.2 Å². The second kappa shape index (κ2) is 6.68. The van der Waals surface area contributed by atoms with Crippen LogP contribution in [0.4, 0.5) is 5.69 Å². The molecule has 1 heterocycles. The smallest absolute Gasteiger partial charge is 0.255 e. The molecular weight excluding hydrogens is 254 g/mol. The molecule has 2 aromatic rings.